The highest BCUT2D eigenvalue weighted by atomic mass is 79.9. The van der Waals surface area contributed by atoms with Gasteiger partial charge >= 0.3 is 12.1 Å². The first-order valence-corrected chi connectivity index (χ1v) is 11.9. The number of rotatable bonds is 4. The summed E-state index contributed by atoms with van der Waals surface area (Å²) in [6.07, 6.45) is -5.45. The average Bonchev–Trinajstić information content (AvgIpc) is 2.77. The molecule has 0 bridgehead atoms. The Bertz CT molecular complexity index is 1240. The quantitative estimate of drug-likeness (QED) is 0.496. The molecule has 2 heterocycles. The Kier molecular flexibility index (Phi) is 6.72. The van der Waals surface area contributed by atoms with Crippen molar-refractivity contribution in [2.75, 3.05) is 24.5 Å². The molecule has 1 amide bonds. The van der Waals surface area contributed by atoms with Gasteiger partial charge in [0.25, 0.3) is 5.91 Å². The van der Waals surface area contributed by atoms with Crippen LogP contribution >= 0.6 is 15.9 Å². The molecular weight excluding hydrogens is 545 g/mol. The molecule has 1 unspecified atom stereocenters. The fourth-order valence-electron chi connectivity index (χ4n) is 4.13. The molecular formula is C25H24BrF3N2O5. The van der Waals surface area contributed by atoms with Gasteiger partial charge in [0.2, 0.25) is 0 Å². The predicted molar refractivity (Wildman–Crippen MR) is 130 cm³/mol. The molecule has 4 rings (SSSR count). The van der Waals surface area contributed by atoms with Crippen LogP contribution in [0, 0.1) is 0 Å². The maximum atomic E-state index is 13.8. The highest BCUT2D eigenvalue weighted by Crippen LogP contribution is 2.51. The van der Waals surface area contributed by atoms with Gasteiger partial charge in [-0.1, -0.05) is 28.1 Å². The van der Waals surface area contributed by atoms with E-state index in [0.717, 1.165) is 16.6 Å². The van der Waals surface area contributed by atoms with Crippen molar-refractivity contribution in [1.29, 1.82) is 0 Å². The van der Waals surface area contributed by atoms with Gasteiger partial charge in [-0.25, -0.2) is 0 Å². The second kappa shape index (κ2) is 9.34. The van der Waals surface area contributed by atoms with Gasteiger partial charge in [0, 0.05) is 10.0 Å². The van der Waals surface area contributed by atoms with E-state index in [1.165, 1.54) is 0 Å². The van der Waals surface area contributed by atoms with E-state index >= 15 is 0 Å². The third-order valence-electron chi connectivity index (χ3n) is 5.62. The molecule has 0 saturated heterocycles. The number of nitrogens with one attached hydrogen (secondary N) is 1. The molecule has 2 N–H and O–H groups in total. The van der Waals surface area contributed by atoms with Crippen molar-refractivity contribution in [3.8, 4) is 5.75 Å². The summed E-state index contributed by atoms with van der Waals surface area (Å²) in [5.41, 5.74) is -1.03. The maximum absolute atomic E-state index is 13.8. The summed E-state index contributed by atoms with van der Waals surface area (Å²) in [6.45, 7) is 4.59. The van der Waals surface area contributed by atoms with E-state index in [1.54, 1.807) is 49.9 Å². The number of benzene rings is 2. The van der Waals surface area contributed by atoms with Gasteiger partial charge in [-0.05, 0) is 50.6 Å². The van der Waals surface area contributed by atoms with Crippen LogP contribution in [0.1, 0.15) is 43.6 Å². The second-order valence-corrected chi connectivity index (χ2v) is 10.4. The number of anilines is 1. The molecule has 0 radical (unpaired) electrons. The van der Waals surface area contributed by atoms with Crippen molar-refractivity contribution in [3.63, 3.8) is 0 Å². The number of ether oxygens (including phenoxy) is 2. The fourth-order valence-corrected chi connectivity index (χ4v) is 4.39. The number of alkyl halides is 3. The molecule has 0 saturated carbocycles. The molecule has 0 spiro atoms. The number of carbonyl (C=O) groups is 2. The van der Waals surface area contributed by atoms with Crippen LogP contribution in [0.25, 0.3) is 5.76 Å². The summed E-state index contributed by atoms with van der Waals surface area (Å²) < 4.78 is 53.4. The van der Waals surface area contributed by atoms with Gasteiger partial charge < -0.3 is 24.8 Å². The van der Waals surface area contributed by atoms with Gasteiger partial charge in [0.1, 0.15) is 24.0 Å². The van der Waals surface area contributed by atoms with E-state index in [-0.39, 0.29) is 29.9 Å². The fraction of sp³-hybridized carbons (Fsp3) is 0.360. The van der Waals surface area contributed by atoms with Crippen molar-refractivity contribution in [3.05, 3.63) is 63.1 Å². The molecule has 0 aliphatic carbocycles. The van der Waals surface area contributed by atoms with Crippen molar-refractivity contribution >= 4 is 39.3 Å². The van der Waals surface area contributed by atoms with E-state index in [2.05, 4.69) is 21.2 Å². The van der Waals surface area contributed by atoms with Crippen LogP contribution in [0.3, 0.4) is 0 Å². The zero-order chi connectivity index (χ0) is 26.4. The van der Waals surface area contributed by atoms with Crippen LogP contribution in [0.15, 0.2) is 46.4 Å². The Morgan fingerprint density at radius 2 is 1.83 bits per heavy atom. The topological polar surface area (TPSA) is 88.1 Å². The molecule has 192 valence electrons. The predicted octanol–water partition coefficient (Wildman–Crippen LogP) is 5.15. The molecule has 7 nitrogen and oxygen atoms in total. The van der Waals surface area contributed by atoms with Gasteiger partial charge in [-0.3, -0.25) is 9.59 Å². The number of aliphatic hydroxyl groups is 1. The Morgan fingerprint density at radius 1 is 1.17 bits per heavy atom. The number of carbonyl (C=O) groups excluding carboxylic acids is 2. The van der Waals surface area contributed by atoms with E-state index in [1.807, 2.05) is 0 Å². The summed E-state index contributed by atoms with van der Waals surface area (Å²) >= 11 is 3.34. The highest BCUT2D eigenvalue weighted by molar-refractivity contribution is 9.10. The van der Waals surface area contributed by atoms with Crippen molar-refractivity contribution < 1.29 is 37.3 Å². The lowest BCUT2D eigenvalue weighted by atomic mass is 9.94. The second-order valence-electron chi connectivity index (χ2n) is 9.47. The van der Waals surface area contributed by atoms with Crippen molar-refractivity contribution in [1.82, 2.24) is 5.32 Å². The molecule has 11 heteroatoms. The first kappa shape index (κ1) is 25.9. The monoisotopic (exact) mass is 568 g/mol. The zero-order valence-electron chi connectivity index (χ0n) is 19.7. The average molecular weight is 569 g/mol. The Morgan fingerprint density at radius 3 is 2.44 bits per heavy atom. The van der Waals surface area contributed by atoms with Gasteiger partial charge in [0.05, 0.1) is 29.9 Å². The minimum absolute atomic E-state index is 0.0425. The number of aliphatic hydroxyl groups excluding tert-OH is 1. The van der Waals surface area contributed by atoms with Gasteiger partial charge in [-0.2, -0.15) is 13.2 Å². The van der Waals surface area contributed by atoms with Crippen molar-refractivity contribution in [2.45, 2.75) is 38.7 Å². The summed E-state index contributed by atoms with van der Waals surface area (Å²) in [5.74, 6) is -2.26. The SMILES string of the molecule is CC(C)(C)OC(=O)CNC(=O)C1=C(O)c2ccc(C(F)(F)F)c3c2N(C1)CC(c1ccc(Br)cc1)O3. The van der Waals surface area contributed by atoms with Gasteiger partial charge in [-0.15, -0.1) is 0 Å². The number of nitrogens with zero attached hydrogens (tertiary/aromatic N) is 1. The largest absolute Gasteiger partial charge is 0.507 e. The van der Waals surface area contributed by atoms with Crippen LogP contribution in [0.5, 0.6) is 5.75 Å². The summed E-state index contributed by atoms with van der Waals surface area (Å²) in [5, 5.41) is 13.3. The van der Waals surface area contributed by atoms with E-state index in [4.69, 9.17) is 9.47 Å². The summed E-state index contributed by atoms with van der Waals surface area (Å²) in [4.78, 5) is 26.5. The number of hydrogen-bond acceptors (Lipinski definition) is 6. The summed E-state index contributed by atoms with van der Waals surface area (Å²) in [7, 11) is 0. The lowest BCUT2D eigenvalue weighted by molar-refractivity contribution is -0.154. The van der Waals surface area contributed by atoms with Crippen LogP contribution in [0.2, 0.25) is 0 Å². The van der Waals surface area contributed by atoms with Crippen LogP contribution in [0.4, 0.5) is 18.9 Å². The minimum Gasteiger partial charge on any atom is -0.507 e. The Balaban J connectivity index is 1.69. The van der Waals surface area contributed by atoms with Crippen LogP contribution in [-0.2, 0) is 20.5 Å². The van der Waals surface area contributed by atoms with E-state index in [9.17, 15) is 27.9 Å². The number of hydrogen-bond donors (Lipinski definition) is 2. The molecule has 0 aromatic heterocycles. The molecule has 2 aromatic rings. The summed E-state index contributed by atoms with van der Waals surface area (Å²) in [6, 6.07) is 8.94. The Hall–Kier alpha value is -3.21. The number of amides is 1. The normalized spacial score (nSPS) is 17.3. The van der Waals surface area contributed by atoms with Gasteiger partial charge in [0.15, 0.2) is 5.75 Å². The smallest absolute Gasteiger partial charge is 0.420 e. The third kappa shape index (κ3) is 5.30. The zero-order valence-corrected chi connectivity index (χ0v) is 21.3. The lowest BCUT2D eigenvalue weighted by Gasteiger charge is -2.41. The molecule has 0 fully saturated rings. The van der Waals surface area contributed by atoms with Crippen molar-refractivity contribution in [2.24, 2.45) is 0 Å². The molecule has 36 heavy (non-hydrogen) atoms. The third-order valence-corrected chi connectivity index (χ3v) is 6.15. The Labute approximate surface area is 214 Å². The number of esters is 1. The standard InChI is InChI=1S/C25H24BrF3N2O5/c1-24(2,3)36-19(32)10-30-23(34)16-11-31-12-18(13-4-6-14(26)7-5-13)35-22-17(25(27,28)29)9-8-15(20(22)31)21(16)33/h4-9,18,33H,10-12H2,1-3H3,(H,30,34). The molecule has 1 atom stereocenters. The first-order chi connectivity index (χ1) is 16.7. The first-order valence-electron chi connectivity index (χ1n) is 11.1. The lowest BCUT2D eigenvalue weighted by Crippen LogP contribution is -2.43. The molecule has 2 aromatic carbocycles. The number of halogens is 4. The molecule has 2 aliphatic rings. The molecule has 2 aliphatic heterocycles. The van der Waals surface area contributed by atoms with E-state index in [0.29, 0.717) is 5.56 Å². The maximum Gasteiger partial charge on any atom is 0.420 e. The highest BCUT2D eigenvalue weighted by Gasteiger charge is 2.43. The minimum atomic E-state index is -4.69. The van der Waals surface area contributed by atoms with Crippen LogP contribution < -0.4 is 15.0 Å². The van der Waals surface area contributed by atoms with Crippen LogP contribution in [-0.4, -0.2) is 42.2 Å². The van der Waals surface area contributed by atoms with E-state index < -0.39 is 53.4 Å².